The molecule has 1 aromatic carbocycles. The fourth-order valence-electron chi connectivity index (χ4n) is 3.70. The Morgan fingerprint density at radius 1 is 1.30 bits per heavy atom. The third-order valence-electron chi connectivity index (χ3n) is 5.11. The quantitative estimate of drug-likeness (QED) is 0.805. The Morgan fingerprint density at radius 2 is 2.15 bits per heavy atom. The Balaban J connectivity index is 1.47. The molecule has 0 bridgehead atoms. The number of piperazine rings is 2. The van der Waals surface area contributed by atoms with Crippen LogP contribution in [0, 0.1) is 6.92 Å². The van der Waals surface area contributed by atoms with E-state index in [1.165, 1.54) is 0 Å². The van der Waals surface area contributed by atoms with E-state index >= 15 is 0 Å². The fraction of sp³-hybridized carbons (Fsp3) is 0.368. The molecule has 8 nitrogen and oxygen atoms in total. The van der Waals surface area contributed by atoms with E-state index in [1.54, 1.807) is 28.4 Å². The average Bonchev–Trinajstić information content (AvgIpc) is 3.18. The van der Waals surface area contributed by atoms with Crippen molar-refractivity contribution in [3.63, 3.8) is 0 Å². The first kappa shape index (κ1) is 17.3. The van der Waals surface area contributed by atoms with E-state index in [0.29, 0.717) is 25.1 Å². The minimum Gasteiger partial charge on any atom is -0.348 e. The van der Waals surface area contributed by atoms with Crippen molar-refractivity contribution in [3.05, 3.63) is 53.6 Å². The first-order valence-electron chi connectivity index (χ1n) is 8.97. The number of amides is 3. The Labute approximate surface area is 156 Å². The predicted octanol–water partition coefficient (Wildman–Crippen LogP) is 0.112. The van der Waals surface area contributed by atoms with Crippen molar-refractivity contribution < 1.29 is 14.4 Å². The summed E-state index contributed by atoms with van der Waals surface area (Å²) in [4.78, 5) is 48.3. The van der Waals surface area contributed by atoms with Gasteiger partial charge in [-0.05, 0) is 19.1 Å². The number of hydrogen-bond donors (Lipinski definition) is 2. The highest BCUT2D eigenvalue weighted by Crippen LogP contribution is 2.19. The standard InChI is InChI=1S/C19H21N5O3/c1-12-3-2-4-13(7-12)18(26)23-5-6-24-16(10-23)17(25)22-15(19(24)27)8-14-9-20-11-21-14/h2-4,7,9,11,15-16H,5-6,8,10H2,1H3,(H,20,21)(H,22,25)/t15-,16+/m0/s1. The molecule has 0 unspecified atom stereocenters. The second-order valence-electron chi connectivity index (χ2n) is 7.01. The normalized spacial score (nSPS) is 22.4. The van der Waals surface area contributed by atoms with Crippen molar-refractivity contribution in [2.75, 3.05) is 19.6 Å². The summed E-state index contributed by atoms with van der Waals surface area (Å²) >= 11 is 0. The van der Waals surface area contributed by atoms with Crippen molar-refractivity contribution in [2.45, 2.75) is 25.4 Å². The zero-order chi connectivity index (χ0) is 19.0. The molecule has 2 atom stereocenters. The van der Waals surface area contributed by atoms with Gasteiger partial charge in [-0.15, -0.1) is 0 Å². The third-order valence-corrected chi connectivity index (χ3v) is 5.11. The number of nitrogens with one attached hydrogen (secondary N) is 2. The topological polar surface area (TPSA) is 98.4 Å². The van der Waals surface area contributed by atoms with Crippen molar-refractivity contribution in [2.24, 2.45) is 0 Å². The molecular formula is C19H21N5O3. The van der Waals surface area contributed by atoms with Crippen LogP contribution < -0.4 is 5.32 Å². The van der Waals surface area contributed by atoms with Crippen molar-refractivity contribution >= 4 is 17.7 Å². The molecule has 140 valence electrons. The van der Waals surface area contributed by atoms with Crippen molar-refractivity contribution in [3.8, 4) is 0 Å². The maximum Gasteiger partial charge on any atom is 0.254 e. The lowest BCUT2D eigenvalue weighted by molar-refractivity contribution is -0.152. The molecule has 3 amide bonds. The summed E-state index contributed by atoms with van der Waals surface area (Å²) in [5, 5.41) is 2.80. The van der Waals surface area contributed by atoms with Crippen LogP contribution >= 0.6 is 0 Å². The van der Waals surface area contributed by atoms with Gasteiger partial charge in [0.1, 0.15) is 12.1 Å². The molecule has 2 aliphatic heterocycles. The summed E-state index contributed by atoms with van der Waals surface area (Å²) in [7, 11) is 0. The first-order valence-corrected chi connectivity index (χ1v) is 8.97. The number of rotatable bonds is 3. The van der Waals surface area contributed by atoms with Gasteiger partial charge < -0.3 is 20.1 Å². The summed E-state index contributed by atoms with van der Waals surface area (Å²) in [6.45, 7) is 2.91. The van der Waals surface area contributed by atoms with E-state index in [9.17, 15) is 14.4 Å². The van der Waals surface area contributed by atoms with E-state index in [0.717, 1.165) is 11.3 Å². The van der Waals surface area contributed by atoms with E-state index < -0.39 is 12.1 Å². The molecule has 0 radical (unpaired) electrons. The van der Waals surface area contributed by atoms with Crippen LogP contribution in [0.4, 0.5) is 0 Å². The van der Waals surface area contributed by atoms with E-state index in [4.69, 9.17) is 0 Å². The Kier molecular flexibility index (Phi) is 4.39. The second-order valence-corrected chi connectivity index (χ2v) is 7.01. The number of nitrogens with zero attached hydrogens (tertiary/aromatic N) is 3. The average molecular weight is 367 g/mol. The molecule has 1 aromatic heterocycles. The lowest BCUT2D eigenvalue weighted by atomic mass is 10.0. The second kappa shape index (κ2) is 6.86. The molecule has 0 aliphatic carbocycles. The maximum atomic E-state index is 12.8. The molecule has 27 heavy (non-hydrogen) atoms. The number of aromatic nitrogens is 2. The van der Waals surface area contributed by atoms with Crippen LogP contribution in [0.2, 0.25) is 0 Å². The van der Waals surface area contributed by atoms with Gasteiger partial charge in [0.25, 0.3) is 5.91 Å². The predicted molar refractivity (Wildman–Crippen MR) is 96.8 cm³/mol. The lowest BCUT2D eigenvalue weighted by Gasteiger charge is -2.45. The Bertz CT molecular complexity index is 879. The molecule has 2 fully saturated rings. The van der Waals surface area contributed by atoms with Crippen LogP contribution in [-0.2, 0) is 16.0 Å². The summed E-state index contributed by atoms with van der Waals surface area (Å²) in [6.07, 6.45) is 3.56. The monoisotopic (exact) mass is 367 g/mol. The number of H-pyrrole nitrogens is 1. The molecule has 0 spiro atoms. The molecule has 0 saturated carbocycles. The fourth-order valence-corrected chi connectivity index (χ4v) is 3.70. The molecule has 2 aromatic rings. The van der Waals surface area contributed by atoms with E-state index in [1.807, 2.05) is 25.1 Å². The molecule has 3 heterocycles. The largest absolute Gasteiger partial charge is 0.348 e. The summed E-state index contributed by atoms with van der Waals surface area (Å²) in [6, 6.07) is 6.14. The van der Waals surface area contributed by atoms with Gasteiger partial charge in [0.05, 0.1) is 12.9 Å². The van der Waals surface area contributed by atoms with Gasteiger partial charge in [0.15, 0.2) is 0 Å². The van der Waals surface area contributed by atoms with E-state index in [-0.39, 0.29) is 24.3 Å². The number of hydrogen-bond acceptors (Lipinski definition) is 4. The van der Waals surface area contributed by atoms with Crippen molar-refractivity contribution in [1.82, 2.24) is 25.1 Å². The van der Waals surface area contributed by atoms with Gasteiger partial charge in [-0.2, -0.15) is 0 Å². The Morgan fingerprint density at radius 3 is 2.89 bits per heavy atom. The molecule has 2 saturated heterocycles. The third kappa shape index (κ3) is 3.30. The van der Waals surface area contributed by atoms with Crippen LogP contribution in [0.25, 0.3) is 0 Å². The number of carbonyl (C=O) groups excluding carboxylic acids is 3. The molecular weight excluding hydrogens is 346 g/mol. The molecule has 4 rings (SSSR count). The molecule has 2 N–H and O–H groups in total. The zero-order valence-electron chi connectivity index (χ0n) is 15.0. The summed E-state index contributed by atoms with van der Waals surface area (Å²) in [5.74, 6) is -0.448. The minimum absolute atomic E-state index is 0.113. The van der Waals surface area contributed by atoms with E-state index in [2.05, 4.69) is 15.3 Å². The minimum atomic E-state index is -0.641. The van der Waals surface area contributed by atoms with Gasteiger partial charge in [0.2, 0.25) is 11.8 Å². The number of benzene rings is 1. The first-order chi connectivity index (χ1) is 13.0. The number of aryl methyl sites for hydroxylation is 1. The van der Waals surface area contributed by atoms with Gasteiger partial charge in [-0.3, -0.25) is 14.4 Å². The number of imidazole rings is 1. The number of fused-ring (bicyclic) bond motifs is 1. The van der Waals surface area contributed by atoms with Crippen molar-refractivity contribution in [1.29, 1.82) is 0 Å². The highest BCUT2D eigenvalue weighted by Gasteiger charge is 2.44. The van der Waals surface area contributed by atoms with Crippen LogP contribution in [0.3, 0.4) is 0 Å². The van der Waals surface area contributed by atoms with Crippen LogP contribution in [0.1, 0.15) is 21.6 Å². The molecule has 8 heteroatoms. The highest BCUT2D eigenvalue weighted by molar-refractivity contribution is 5.99. The lowest BCUT2D eigenvalue weighted by Crippen LogP contribution is -2.70. The van der Waals surface area contributed by atoms with Gasteiger partial charge >= 0.3 is 0 Å². The summed E-state index contributed by atoms with van der Waals surface area (Å²) in [5.41, 5.74) is 2.40. The highest BCUT2D eigenvalue weighted by atomic mass is 16.2. The zero-order valence-corrected chi connectivity index (χ0v) is 15.0. The maximum absolute atomic E-state index is 12.8. The van der Waals surface area contributed by atoms with Gasteiger partial charge in [-0.1, -0.05) is 17.7 Å². The van der Waals surface area contributed by atoms with Gasteiger partial charge in [0, 0.05) is 37.0 Å². The number of carbonyl (C=O) groups is 3. The SMILES string of the molecule is Cc1cccc(C(=O)N2CCN3C(=O)[C@H](Cc4cnc[nH]4)NC(=O)[C@H]3C2)c1. The van der Waals surface area contributed by atoms with Crippen LogP contribution in [0.15, 0.2) is 36.8 Å². The van der Waals surface area contributed by atoms with Gasteiger partial charge in [-0.25, -0.2) is 4.98 Å². The Hall–Kier alpha value is -3.16. The molecule has 2 aliphatic rings. The van der Waals surface area contributed by atoms with Crippen LogP contribution in [0.5, 0.6) is 0 Å². The number of aromatic amines is 1. The smallest absolute Gasteiger partial charge is 0.254 e. The summed E-state index contributed by atoms with van der Waals surface area (Å²) < 4.78 is 0. The van der Waals surface area contributed by atoms with Crippen LogP contribution in [-0.4, -0.2) is 69.2 Å².